The highest BCUT2D eigenvalue weighted by Gasteiger charge is 2.39. The topological polar surface area (TPSA) is 41.6 Å². The molecule has 0 amide bonds. The normalized spacial score (nSPS) is 18.7. The molecular weight excluding hydrogens is 240 g/mol. The van der Waals surface area contributed by atoms with Crippen LogP contribution in [0.2, 0.25) is 0 Å². The Morgan fingerprint density at radius 1 is 1.42 bits per heavy atom. The molecule has 0 saturated heterocycles. The summed E-state index contributed by atoms with van der Waals surface area (Å²) >= 11 is 0. The SMILES string of the molecule is CCOC(=O)C(C)(CCN(CC)C(C)C)NC1CC1. The summed E-state index contributed by atoms with van der Waals surface area (Å²) in [5.41, 5.74) is -0.542. The van der Waals surface area contributed by atoms with E-state index in [0.29, 0.717) is 18.7 Å². The van der Waals surface area contributed by atoms with Crippen LogP contribution in [0.15, 0.2) is 0 Å². The van der Waals surface area contributed by atoms with Crippen molar-refractivity contribution in [3.05, 3.63) is 0 Å². The third-order valence-electron chi connectivity index (χ3n) is 3.86. The summed E-state index contributed by atoms with van der Waals surface area (Å²) in [5.74, 6) is -0.110. The minimum absolute atomic E-state index is 0.110. The molecular formula is C15H30N2O2. The lowest BCUT2D eigenvalue weighted by atomic mass is 9.97. The number of carbonyl (C=O) groups excluding carboxylic acids is 1. The fourth-order valence-electron chi connectivity index (χ4n) is 2.35. The van der Waals surface area contributed by atoms with E-state index >= 15 is 0 Å². The number of esters is 1. The van der Waals surface area contributed by atoms with Crippen LogP contribution in [0.3, 0.4) is 0 Å². The van der Waals surface area contributed by atoms with Gasteiger partial charge in [-0.3, -0.25) is 10.1 Å². The molecule has 0 aromatic heterocycles. The maximum absolute atomic E-state index is 12.2. The first kappa shape index (κ1) is 16.4. The average molecular weight is 270 g/mol. The minimum Gasteiger partial charge on any atom is -0.465 e. The molecule has 1 saturated carbocycles. The van der Waals surface area contributed by atoms with Gasteiger partial charge in [-0.2, -0.15) is 0 Å². The number of nitrogens with zero attached hydrogens (tertiary/aromatic N) is 1. The quantitative estimate of drug-likeness (QED) is 0.652. The van der Waals surface area contributed by atoms with E-state index in [2.05, 4.69) is 31.0 Å². The van der Waals surface area contributed by atoms with Gasteiger partial charge in [0.1, 0.15) is 5.54 Å². The first-order valence-corrected chi connectivity index (χ1v) is 7.62. The van der Waals surface area contributed by atoms with Gasteiger partial charge in [0.2, 0.25) is 0 Å². The second kappa shape index (κ2) is 7.25. The fraction of sp³-hybridized carbons (Fsp3) is 0.933. The highest BCUT2D eigenvalue weighted by atomic mass is 16.5. The van der Waals surface area contributed by atoms with Gasteiger partial charge in [-0.15, -0.1) is 0 Å². The third kappa shape index (κ3) is 5.11. The molecule has 4 nitrogen and oxygen atoms in total. The Labute approximate surface area is 117 Å². The monoisotopic (exact) mass is 270 g/mol. The number of hydrogen-bond acceptors (Lipinski definition) is 4. The van der Waals surface area contributed by atoms with Gasteiger partial charge in [0.25, 0.3) is 0 Å². The number of nitrogens with one attached hydrogen (secondary N) is 1. The Morgan fingerprint density at radius 3 is 2.47 bits per heavy atom. The van der Waals surface area contributed by atoms with Crippen molar-refractivity contribution in [1.29, 1.82) is 0 Å². The van der Waals surface area contributed by atoms with Crippen LogP contribution in [0, 0.1) is 0 Å². The van der Waals surface area contributed by atoms with E-state index < -0.39 is 5.54 Å². The van der Waals surface area contributed by atoms with Crippen LogP contribution < -0.4 is 5.32 Å². The van der Waals surface area contributed by atoms with Gasteiger partial charge in [0, 0.05) is 18.6 Å². The highest BCUT2D eigenvalue weighted by Crippen LogP contribution is 2.25. The fourth-order valence-corrected chi connectivity index (χ4v) is 2.35. The van der Waals surface area contributed by atoms with Crippen LogP contribution in [-0.2, 0) is 9.53 Å². The van der Waals surface area contributed by atoms with E-state index in [0.717, 1.165) is 19.5 Å². The lowest BCUT2D eigenvalue weighted by Gasteiger charge is -2.33. The summed E-state index contributed by atoms with van der Waals surface area (Å²) in [6.45, 7) is 12.8. The molecule has 1 fully saturated rings. The molecule has 1 aliphatic rings. The molecule has 0 radical (unpaired) electrons. The molecule has 0 bridgehead atoms. The molecule has 19 heavy (non-hydrogen) atoms. The predicted molar refractivity (Wildman–Crippen MR) is 78.2 cm³/mol. The van der Waals surface area contributed by atoms with Crippen molar-refractivity contribution in [2.24, 2.45) is 0 Å². The zero-order valence-corrected chi connectivity index (χ0v) is 13.2. The molecule has 1 aliphatic carbocycles. The third-order valence-corrected chi connectivity index (χ3v) is 3.86. The van der Waals surface area contributed by atoms with E-state index in [1.54, 1.807) is 0 Å². The number of carbonyl (C=O) groups is 1. The van der Waals surface area contributed by atoms with Crippen molar-refractivity contribution < 1.29 is 9.53 Å². The van der Waals surface area contributed by atoms with Gasteiger partial charge in [-0.25, -0.2) is 0 Å². The van der Waals surface area contributed by atoms with Crippen LogP contribution >= 0.6 is 0 Å². The van der Waals surface area contributed by atoms with Crippen LogP contribution in [0.25, 0.3) is 0 Å². The van der Waals surface area contributed by atoms with E-state index in [4.69, 9.17) is 4.74 Å². The van der Waals surface area contributed by atoms with Crippen LogP contribution in [0.5, 0.6) is 0 Å². The van der Waals surface area contributed by atoms with Crippen LogP contribution in [0.1, 0.15) is 53.9 Å². The van der Waals surface area contributed by atoms with Gasteiger partial charge < -0.3 is 9.64 Å². The van der Waals surface area contributed by atoms with Crippen molar-refractivity contribution in [3.63, 3.8) is 0 Å². The molecule has 0 aromatic carbocycles. The largest absolute Gasteiger partial charge is 0.465 e. The molecule has 0 aromatic rings. The molecule has 1 rings (SSSR count). The lowest BCUT2D eigenvalue weighted by molar-refractivity contribution is -0.151. The predicted octanol–water partition coefficient (Wildman–Crippen LogP) is 2.18. The second-order valence-electron chi connectivity index (χ2n) is 5.94. The molecule has 1 unspecified atom stereocenters. The van der Waals surface area contributed by atoms with E-state index in [1.165, 1.54) is 12.8 Å². The maximum atomic E-state index is 12.2. The number of ether oxygens (including phenoxy) is 1. The zero-order chi connectivity index (χ0) is 14.5. The van der Waals surface area contributed by atoms with Gasteiger partial charge in [-0.05, 0) is 53.5 Å². The minimum atomic E-state index is -0.542. The zero-order valence-electron chi connectivity index (χ0n) is 13.2. The van der Waals surface area contributed by atoms with Crippen molar-refractivity contribution in [1.82, 2.24) is 10.2 Å². The Kier molecular flexibility index (Phi) is 6.27. The molecule has 112 valence electrons. The molecule has 0 spiro atoms. The van der Waals surface area contributed by atoms with Crippen molar-refractivity contribution in [2.75, 3.05) is 19.7 Å². The summed E-state index contributed by atoms with van der Waals surface area (Å²) in [6, 6.07) is 1.01. The van der Waals surface area contributed by atoms with Crippen molar-refractivity contribution >= 4 is 5.97 Å². The summed E-state index contributed by atoms with van der Waals surface area (Å²) in [6.07, 6.45) is 3.15. The first-order valence-electron chi connectivity index (χ1n) is 7.62. The first-order chi connectivity index (χ1) is 8.92. The van der Waals surface area contributed by atoms with E-state index in [-0.39, 0.29) is 5.97 Å². The Balaban J connectivity index is 2.59. The molecule has 1 N–H and O–H groups in total. The van der Waals surface area contributed by atoms with Gasteiger partial charge in [0.15, 0.2) is 0 Å². The summed E-state index contributed by atoms with van der Waals surface area (Å²) in [7, 11) is 0. The second-order valence-corrected chi connectivity index (χ2v) is 5.94. The summed E-state index contributed by atoms with van der Waals surface area (Å²) < 4.78 is 5.24. The Bertz CT molecular complexity index is 290. The lowest BCUT2D eigenvalue weighted by Crippen LogP contribution is -2.53. The maximum Gasteiger partial charge on any atom is 0.326 e. The standard InChI is InChI=1S/C15H30N2O2/c1-6-17(12(3)4)11-10-15(5,14(18)19-7-2)16-13-8-9-13/h12-13,16H,6-11H2,1-5H3. The van der Waals surface area contributed by atoms with Gasteiger partial charge in [-0.1, -0.05) is 6.92 Å². The summed E-state index contributed by atoms with van der Waals surface area (Å²) in [5, 5.41) is 3.47. The van der Waals surface area contributed by atoms with Crippen molar-refractivity contribution in [2.45, 2.75) is 71.5 Å². The molecule has 4 heteroatoms. The summed E-state index contributed by atoms with van der Waals surface area (Å²) in [4.78, 5) is 14.6. The molecule has 0 aliphatic heterocycles. The van der Waals surface area contributed by atoms with Crippen LogP contribution in [0.4, 0.5) is 0 Å². The Morgan fingerprint density at radius 2 is 2.05 bits per heavy atom. The van der Waals surface area contributed by atoms with Gasteiger partial charge >= 0.3 is 5.97 Å². The van der Waals surface area contributed by atoms with Crippen LogP contribution in [-0.4, -0.2) is 48.2 Å². The highest BCUT2D eigenvalue weighted by molar-refractivity contribution is 5.80. The molecule has 1 atom stereocenters. The average Bonchev–Trinajstić information content (AvgIpc) is 3.13. The van der Waals surface area contributed by atoms with E-state index in [9.17, 15) is 4.79 Å². The number of hydrogen-bond donors (Lipinski definition) is 1. The van der Waals surface area contributed by atoms with Gasteiger partial charge in [0.05, 0.1) is 6.61 Å². The number of rotatable bonds is 9. The molecule has 0 heterocycles. The Hall–Kier alpha value is -0.610. The smallest absolute Gasteiger partial charge is 0.326 e. The van der Waals surface area contributed by atoms with Crippen molar-refractivity contribution in [3.8, 4) is 0 Å². The van der Waals surface area contributed by atoms with E-state index in [1.807, 2.05) is 13.8 Å².